The Morgan fingerprint density at radius 3 is 2.59 bits per heavy atom. The van der Waals surface area contributed by atoms with E-state index >= 15 is 0 Å². The van der Waals surface area contributed by atoms with Crippen molar-refractivity contribution in [1.29, 1.82) is 0 Å². The van der Waals surface area contributed by atoms with Crippen LogP contribution in [0.2, 0.25) is 0 Å². The predicted octanol–water partition coefficient (Wildman–Crippen LogP) is 2.91. The molecule has 1 fully saturated rings. The molecule has 2 rings (SSSR count). The van der Waals surface area contributed by atoms with Crippen molar-refractivity contribution in [2.45, 2.75) is 58.7 Å². The Morgan fingerprint density at radius 2 is 2.03 bits per heavy atom. The van der Waals surface area contributed by atoms with Crippen LogP contribution in [-0.2, 0) is 21.4 Å². The lowest BCUT2D eigenvalue weighted by atomic mass is 10.1. The maximum atomic E-state index is 12.8. The van der Waals surface area contributed by atoms with Crippen LogP contribution in [0.3, 0.4) is 0 Å². The Morgan fingerprint density at radius 1 is 1.31 bits per heavy atom. The molecule has 29 heavy (non-hydrogen) atoms. The average molecular weight is 429 g/mol. The second kappa shape index (κ2) is 9.67. The first kappa shape index (κ1) is 23.3. The fraction of sp³-hybridized carbons (Fsp3) is 0.650. The summed E-state index contributed by atoms with van der Waals surface area (Å²) in [7, 11) is -2.26. The van der Waals surface area contributed by atoms with Gasteiger partial charge < -0.3 is 23.9 Å². The largest absolute Gasteiger partial charge is 0.493 e. The second-order valence-electron chi connectivity index (χ2n) is 8.11. The van der Waals surface area contributed by atoms with Crippen LogP contribution < -0.4 is 14.2 Å². The quantitative estimate of drug-likeness (QED) is 0.640. The molecule has 0 aliphatic carbocycles. The molecule has 0 saturated carbocycles. The van der Waals surface area contributed by atoms with E-state index in [4.69, 9.17) is 13.7 Å². The number of rotatable bonds is 8. The molecule has 0 bridgehead atoms. The molecule has 1 N–H and O–H groups in total. The molecule has 1 atom stereocenters. The van der Waals surface area contributed by atoms with Gasteiger partial charge in [-0.1, -0.05) is 6.07 Å². The summed E-state index contributed by atoms with van der Waals surface area (Å²) in [6.45, 7) is 8.71. The molecule has 0 aromatic heterocycles. The molecule has 1 aliphatic heterocycles. The number of hydrogen-bond donors (Lipinski definition) is 1. The van der Waals surface area contributed by atoms with E-state index in [1.807, 2.05) is 20.8 Å². The fourth-order valence-corrected chi connectivity index (χ4v) is 3.48. The Hall–Kier alpha value is -2.00. The van der Waals surface area contributed by atoms with E-state index in [1.165, 1.54) is 14.0 Å². The molecule has 9 heteroatoms. The van der Waals surface area contributed by atoms with Crippen LogP contribution in [0.4, 0.5) is 4.79 Å². The molecule has 8 nitrogen and oxygen atoms in total. The molecule has 0 spiro atoms. The maximum Gasteiger partial charge on any atom is 0.318 e. The van der Waals surface area contributed by atoms with Crippen molar-refractivity contribution >= 4 is 16.1 Å². The van der Waals surface area contributed by atoms with Crippen molar-refractivity contribution in [3.8, 4) is 11.5 Å². The van der Waals surface area contributed by atoms with Gasteiger partial charge in [0.05, 0.1) is 19.0 Å². The summed E-state index contributed by atoms with van der Waals surface area (Å²) < 4.78 is 39.9. The van der Waals surface area contributed by atoms with Gasteiger partial charge in [0.1, 0.15) is 0 Å². The van der Waals surface area contributed by atoms with Gasteiger partial charge >= 0.3 is 16.1 Å². The summed E-state index contributed by atoms with van der Waals surface area (Å²) in [5.41, 5.74) is 0.351. The van der Waals surface area contributed by atoms with E-state index < -0.39 is 10.1 Å². The number of nitrogens with zero attached hydrogens (tertiary/aromatic N) is 1. The molecule has 2 amide bonds. The van der Waals surface area contributed by atoms with E-state index in [0.29, 0.717) is 18.9 Å². The zero-order chi connectivity index (χ0) is 21.7. The summed E-state index contributed by atoms with van der Waals surface area (Å²) in [6, 6.07) is 4.82. The number of hydrogen-bond acceptors (Lipinski definition) is 6. The molecule has 0 unspecified atom stereocenters. The van der Waals surface area contributed by atoms with Crippen LogP contribution in [0.1, 0.15) is 46.1 Å². The maximum absolute atomic E-state index is 12.8. The lowest BCUT2D eigenvalue weighted by Gasteiger charge is -2.30. The number of carbonyl (C=O) groups excluding carboxylic acids is 1. The Bertz CT molecular complexity index is 798. The van der Waals surface area contributed by atoms with Gasteiger partial charge in [-0.05, 0) is 58.2 Å². The minimum absolute atomic E-state index is 0.00448. The second-order valence-corrected chi connectivity index (χ2v) is 9.97. The number of ether oxygens (including phenoxy) is 2. The topological polar surface area (TPSA) is 94.2 Å². The summed E-state index contributed by atoms with van der Waals surface area (Å²) >= 11 is 0. The monoisotopic (exact) mass is 428 g/mol. The van der Waals surface area contributed by atoms with Crippen molar-refractivity contribution in [3.63, 3.8) is 0 Å². The van der Waals surface area contributed by atoms with Gasteiger partial charge in [0.2, 0.25) is 0 Å². The average Bonchev–Trinajstić information content (AvgIpc) is 3.13. The predicted molar refractivity (Wildman–Crippen MR) is 111 cm³/mol. The van der Waals surface area contributed by atoms with Crippen LogP contribution in [0, 0.1) is 0 Å². The van der Waals surface area contributed by atoms with Crippen LogP contribution in [-0.4, -0.2) is 57.0 Å². The zero-order valence-corrected chi connectivity index (χ0v) is 18.7. The van der Waals surface area contributed by atoms with Gasteiger partial charge in [-0.15, -0.1) is 0 Å². The first-order chi connectivity index (χ1) is 13.5. The van der Waals surface area contributed by atoms with Crippen molar-refractivity contribution in [2.75, 3.05) is 26.0 Å². The smallest absolute Gasteiger partial charge is 0.318 e. The third kappa shape index (κ3) is 7.40. The highest BCUT2D eigenvalue weighted by atomic mass is 32.2. The number of benzene rings is 1. The third-order valence-electron chi connectivity index (χ3n) is 4.39. The number of urea groups is 1. The van der Waals surface area contributed by atoms with E-state index in [2.05, 4.69) is 5.32 Å². The van der Waals surface area contributed by atoms with Gasteiger partial charge in [0, 0.05) is 25.2 Å². The third-order valence-corrected chi connectivity index (χ3v) is 5.53. The van der Waals surface area contributed by atoms with E-state index in [9.17, 15) is 13.2 Å². The first-order valence-corrected chi connectivity index (χ1v) is 11.4. The molecular weight excluding hydrogens is 396 g/mol. The van der Waals surface area contributed by atoms with Crippen molar-refractivity contribution in [1.82, 2.24) is 10.2 Å². The van der Waals surface area contributed by atoms with Gasteiger partial charge in [0.25, 0.3) is 0 Å². The minimum Gasteiger partial charge on any atom is -0.493 e. The summed E-state index contributed by atoms with van der Waals surface area (Å²) in [4.78, 5) is 14.5. The summed E-state index contributed by atoms with van der Waals surface area (Å²) in [6.07, 6.45) is 1.88. The summed E-state index contributed by atoms with van der Waals surface area (Å²) in [5, 5.41) is 2.98. The van der Waals surface area contributed by atoms with Crippen LogP contribution in [0.15, 0.2) is 18.2 Å². The lowest BCUT2D eigenvalue weighted by Crippen LogP contribution is -2.50. The standard InChI is InChI=1S/C20H32N2O6S/c1-6-29(24,25)28-18-12-15(9-10-17(18)26-5)13-22(14-16-8-7-11-27-16)19(23)21-20(2,3)4/h9-10,12,16H,6-8,11,13-14H2,1-5H3,(H,21,23)/t16-/m1/s1. The SMILES string of the molecule is CCS(=O)(=O)Oc1cc(CN(C[C@H]2CCCO2)C(=O)NC(C)(C)C)ccc1OC. The van der Waals surface area contributed by atoms with Gasteiger partial charge in [-0.25, -0.2) is 4.79 Å². The van der Waals surface area contributed by atoms with Gasteiger partial charge in [-0.3, -0.25) is 0 Å². The van der Waals surface area contributed by atoms with Crippen LogP contribution in [0.25, 0.3) is 0 Å². The molecule has 1 aromatic rings. The molecule has 1 heterocycles. The van der Waals surface area contributed by atoms with E-state index in [1.54, 1.807) is 23.1 Å². The minimum atomic E-state index is -3.70. The van der Waals surface area contributed by atoms with Gasteiger partial charge in [-0.2, -0.15) is 8.42 Å². The number of methoxy groups -OCH3 is 1. The highest BCUT2D eigenvalue weighted by Crippen LogP contribution is 2.30. The van der Waals surface area contributed by atoms with Crippen molar-refractivity contribution in [2.24, 2.45) is 0 Å². The van der Waals surface area contributed by atoms with Crippen LogP contribution in [0.5, 0.6) is 11.5 Å². The van der Waals surface area contributed by atoms with E-state index in [0.717, 1.165) is 18.4 Å². The zero-order valence-electron chi connectivity index (χ0n) is 17.9. The van der Waals surface area contributed by atoms with Crippen LogP contribution >= 0.6 is 0 Å². The van der Waals surface area contributed by atoms with E-state index in [-0.39, 0.29) is 35.7 Å². The molecule has 1 aliphatic rings. The Balaban J connectivity index is 2.25. The van der Waals surface area contributed by atoms with Crippen molar-refractivity contribution < 1.29 is 26.9 Å². The number of carbonyl (C=O) groups is 1. The molecular formula is C20H32N2O6S. The number of amides is 2. The highest BCUT2D eigenvalue weighted by molar-refractivity contribution is 7.87. The number of nitrogens with one attached hydrogen (secondary N) is 1. The van der Waals surface area contributed by atoms with Crippen molar-refractivity contribution in [3.05, 3.63) is 23.8 Å². The summed E-state index contributed by atoms with van der Waals surface area (Å²) in [5.74, 6) is 0.273. The fourth-order valence-electron chi connectivity index (χ4n) is 2.95. The lowest BCUT2D eigenvalue weighted by molar-refractivity contribution is 0.0782. The molecule has 1 aromatic carbocycles. The first-order valence-electron chi connectivity index (χ1n) is 9.80. The molecule has 0 radical (unpaired) electrons. The molecule has 1 saturated heterocycles. The van der Waals surface area contributed by atoms with Gasteiger partial charge in [0.15, 0.2) is 11.5 Å². The Labute approximate surface area is 173 Å². The highest BCUT2D eigenvalue weighted by Gasteiger charge is 2.26. The molecule has 164 valence electrons. The Kier molecular flexibility index (Phi) is 7.76. The normalized spacial score (nSPS) is 17.1.